The molecule has 0 spiro atoms. The summed E-state index contributed by atoms with van der Waals surface area (Å²) < 4.78 is 0. The smallest absolute Gasteiger partial charge is 0.270 e. The summed E-state index contributed by atoms with van der Waals surface area (Å²) in [4.78, 5) is 57.8. The van der Waals surface area contributed by atoms with Crippen LogP contribution in [0.4, 0.5) is 17.1 Å². The van der Waals surface area contributed by atoms with Crippen molar-refractivity contribution in [3.05, 3.63) is 73.3 Å². The molecule has 2 aromatic rings. The number of nitro groups is 2. The predicted molar refractivity (Wildman–Crippen MR) is 94.9 cm³/mol. The Labute approximate surface area is 161 Å². The van der Waals surface area contributed by atoms with Gasteiger partial charge in [-0.25, -0.2) is 0 Å². The van der Waals surface area contributed by atoms with Crippen LogP contribution in [0.25, 0.3) is 0 Å². The molecule has 0 fully saturated rings. The zero-order valence-electron chi connectivity index (χ0n) is 14.3. The van der Waals surface area contributed by atoms with E-state index in [2.05, 4.69) is 5.32 Å². The van der Waals surface area contributed by atoms with Crippen molar-refractivity contribution >= 4 is 34.8 Å². The molecule has 2 aromatic carbocycles. The molecule has 0 unspecified atom stereocenters. The van der Waals surface area contributed by atoms with Gasteiger partial charge in [-0.2, -0.15) is 5.26 Å². The highest BCUT2D eigenvalue weighted by atomic mass is 16.6. The number of hydrogen-bond donors (Lipinski definition) is 1. The van der Waals surface area contributed by atoms with E-state index in [1.54, 1.807) is 6.07 Å². The minimum atomic E-state index is -0.868. The lowest BCUT2D eigenvalue weighted by atomic mass is 10.1. The zero-order valence-corrected chi connectivity index (χ0v) is 14.3. The van der Waals surface area contributed by atoms with Crippen LogP contribution in [-0.2, 0) is 4.79 Å². The largest absolute Gasteiger partial charge is 0.323 e. The van der Waals surface area contributed by atoms with E-state index in [1.807, 2.05) is 0 Å². The zero-order chi connectivity index (χ0) is 21.3. The molecule has 3 amide bonds. The first kappa shape index (κ1) is 19.1. The SMILES string of the molecule is N#Cc1cc([N+](=O)[O-])ccc1NC(=O)CN1C(=O)c2ccc([N+](=O)[O-])cc2C1=O. The molecule has 0 aromatic heterocycles. The van der Waals surface area contributed by atoms with E-state index in [0.29, 0.717) is 4.90 Å². The first-order valence-electron chi connectivity index (χ1n) is 7.86. The van der Waals surface area contributed by atoms with Crippen LogP contribution >= 0.6 is 0 Å². The summed E-state index contributed by atoms with van der Waals surface area (Å²) in [6.07, 6.45) is 0. The molecule has 1 N–H and O–H groups in total. The Kier molecular flexibility index (Phi) is 4.72. The van der Waals surface area contributed by atoms with Crippen molar-refractivity contribution in [2.75, 3.05) is 11.9 Å². The number of imide groups is 1. The number of carbonyl (C=O) groups excluding carboxylic acids is 3. The van der Waals surface area contributed by atoms with Gasteiger partial charge in [-0.15, -0.1) is 0 Å². The number of carbonyl (C=O) groups is 3. The van der Waals surface area contributed by atoms with Crippen molar-refractivity contribution in [2.45, 2.75) is 0 Å². The second-order valence-corrected chi connectivity index (χ2v) is 5.83. The lowest BCUT2D eigenvalue weighted by molar-refractivity contribution is -0.385. The van der Waals surface area contributed by atoms with Crippen molar-refractivity contribution in [1.82, 2.24) is 4.90 Å². The number of nitrogens with one attached hydrogen (secondary N) is 1. The Morgan fingerprint density at radius 2 is 1.59 bits per heavy atom. The fourth-order valence-corrected chi connectivity index (χ4v) is 2.72. The lowest BCUT2D eigenvalue weighted by Gasteiger charge is -2.14. The third kappa shape index (κ3) is 3.47. The van der Waals surface area contributed by atoms with Gasteiger partial charge in [-0.05, 0) is 12.1 Å². The normalized spacial score (nSPS) is 12.3. The average Bonchev–Trinajstić information content (AvgIpc) is 2.92. The monoisotopic (exact) mass is 395 g/mol. The van der Waals surface area contributed by atoms with Gasteiger partial charge >= 0.3 is 0 Å². The molecule has 144 valence electrons. The van der Waals surface area contributed by atoms with Gasteiger partial charge in [-0.1, -0.05) is 0 Å². The van der Waals surface area contributed by atoms with Gasteiger partial charge in [0.1, 0.15) is 12.6 Å². The number of anilines is 1. The highest BCUT2D eigenvalue weighted by molar-refractivity contribution is 6.23. The number of nitrogens with zero attached hydrogens (tertiary/aromatic N) is 4. The molecule has 0 atom stereocenters. The topological polar surface area (TPSA) is 177 Å². The van der Waals surface area contributed by atoms with Gasteiger partial charge in [0.25, 0.3) is 23.2 Å². The van der Waals surface area contributed by atoms with E-state index in [-0.39, 0.29) is 33.8 Å². The Balaban J connectivity index is 1.79. The highest BCUT2D eigenvalue weighted by Crippen LogP contribution is 2.27. The molecule has 1 aliphatic rings. The predicted octanol–water partition coefficient (Wildman–Crippen LogP) is 1.61. The van der Waals surface area contributed by atoms with E-state index in [1.165, 1.54) is 0 Å². The maximum absolute atomic E-state index is 12.4. The molecule has 0 radical (unpaired) electrons. The number of benzene rings is 2. The van der Waals surface area contributed by atoms with Crippen LogP contribution in [0, 0.1) is 31.6 Å². The second kappa shape index (κ2) is 7.16. The standard InChI is InChI=1S/C17H9N5O7/c18-7-9-5-10(21(26)27)2-4-14(9)19-15(23)8-20-16(24)12-3-1-11(22(28)29)6-13(12)17(20)25/h1-6H,8H2,(H,19,23). The van der Waals surface area contributed by atoms with Crippen molar-refractivity contribution in [3.8, 4) is 6.07 Å². The van der Waals surface area contributed by atoms with Gasteiger partial charge < -0.3 is 5.32 Å². The Morgan fingerprint density at radius 3 is 2.21 bits per heavy atom. The maximum atomic E-state index is 12.4. The Hall–Kier alpha value is -4.66. The lowest BCUT2D eigenvalue weighted by Crippen LogP contribution is -2.37. The molecule has 3 rings (SSSR count). The number of amides is 3. The fraction of sp³-hybridized carbons (Fsp3) is 0.0588. The molecule has 0 aliphatic carbocycles. The minimum absolute atomic E-state index is 0.0321. The summed E-state index contributed by atoms with van der Waals surface area (Å²) in [5, 5.41) is 33.0. The molecular weight excluding hydrogens is 386 g/mol. The van der Waals surface area contributed by atoms with Gasteiger partial charge in [0.15, 0.2) is 0 Å². The van der Waals surface area contributed by atoms with Crippen molar-refractivity contribution in [1.29, 1.82) is 5.26 Å². The molecule has 0 saturated carbocycles. The summed E-state index contributed by atoms with van der Waals surface area (Å²) in [7, 11) is 0. The van der Waals surface area contributed by atoms with E-state index in [0.717, 1.165) is 36.4 Å². The van der Waals surface area contributed by atoms with Crippen molar-refractivity contribution < 1.29 is 24.2 Å². The molecular formula is C17H9N5O7. The number of nitro benzene ring substituents is 2. The fourth-order valence-electron chi connectivity index (χ4n) is 2.72. The second-order valence-electron chi connectivity index (χ2n) is 5.83. The van der Waals surface area contributed by atoms with Gasteiger partial charge in [0, 0.05) is 24.3 Å². The van der Waals surface area contributed by atoms with Crippen LogP contribution in [0.2, 0.25) is 0 Å². The molecule has 0 bridgehead atoms. The van der Waals surface area contributed by atoms with Crippen LogP contribution in [0.15, 0.2) is 36.4 Å². The highest BCUT2D eigenvalue weighted by Gasteiger charge is 2.37. The third-order valence-electron chi connectivity index (χ3n) is 4.08. The Bertz CT molecular complexity index is 1150. The third-order valence-corrected chi connectivity index (χ3v) is 4.08. The number of non-ortho nitro benzene ring substituents is 2. The van der Waals surface area contributed by atoms with Crippen LogP contribution in [-0.4, -0.2) is 39.0 Å². The van der Waals surface area contributed by atoms with Crippen molar-refractivity contribution in [3.63, 3.8) is 0 Å². The number of fused-ring (bicyclic) bond motifs is 1. The number of hydrogen-bond acceptors (Lipinski definition) is 8. The van der Waals surface area contributed by atoms with E-state index < -0.39 is 34.1 Å². The van der Waals surface area contributed by atoms with Gasteiger partial charge in [0.05, 0.1) is 32.2 Å². The number of nitriles is 1. The average molecular weight is 395 g/mol. The minimum Gasteiger partial charge on any atom is -0.323 e. The van der Waals surface area contributed by atoms with Gasteiger partial charge in [-0.3, -0.25) is 39.5 Å². The summed E-state index contributed by atoms with van der Waals surface area (Å²) in [5.41, 5.74) is -1.19. The van der Waals surface area contributed by atoms with Crippen LogP contribution < -0.4 is 5.32 Å². The van der Waals surface area contributed by atoms with Gasteiger partial charge in [0.2, 0.25) is 5.91 Å². The first-order valence-corrected chi connectivity index (χ1v) is 7.86. The van der Waals surface area contributed by atoms with E-state index in [9.17, 15) is 34.6 Å². The van der Waals surface area contributed by atoms with Crippen LogP contribution in [0.5, 0.6) is 0 Å². The molecule has 1 aliphatic heterocycles. The molecule has 1 heterocycles. The summed E-state index contributed by atoms with van der Waals surface area (Å²) in [6, 6.07) is 8.07. The summed E-state index contributed by atoms with van der Waals surface area (Å²) in [5.74, 6) is -2.49. The van der Waals surface area contributed by atoms with Crippen LogP contribution in [0.1, 0.15) is 26.3 Å². The number of rotatable bonds is 5. The quantitative estimate of drug-likeness (QED) is 0.451. The van der Waals surface area contributed by atoms with Crippen molar-refractivity contribution in [2.24, 2.45) is 0 Å². The first-order chi connectivity index (χ1) is 13.7. The summed E-state index contributed by atoms with van der Waals surface area (Å²) >= 11 is 0. The molecule has 12 heteroatoms. The molecule has 0 saturated heterocycles. The molecule has 29 heavy (non-hydrogen) atoms. The summed E-state index contributed by atoms with van der Waals surface area (Å²) in [6.45, 7) is -0.706. The van der Waals surface area contributed by atoms with E-state index >= 15 is 0 Å². The van der Waals surface area contributed by atoms with E-state index in [4.69, 9.17) is 5.26 Å². The molecule has 12 nitrogen and oxygen atoms in total. The maximum Gasteiger partial charge on any atom is 0.270 e. The Morgan fingerprint density at radius 1 is 1.00 bits per heavy atom. The van der Waals surface area contributed by atoms with Crippen LogP contribution in [0.3, 0.4) is 0 Å².